The topological polar surface area (TPSA) is 41.1 Å². The molecule has 0 atom stereocenters. The average Bonchev–Trinajstić information content (AvgIpc) is 2.14. The minimum absolute atomic E-state index is 0.219. The summed E-state index contributed by atoms with van der Waals surface area (Å²) >= 11 is 0. The van der Waals surface area contributed by atoms with Crippen LogP contribution in [0.25, 0.3) is 0 Å². The third-order valence-corrected chi connectivity index (χ3v) is 1.86. The van der Waals surface area contributed by atoms with Crippen LogP contribution in [0.15, 0.2) is 36.5 Å². The van der Waals surface area contributed by atoms with Crippen molar-refractivity contribution >= 4 is 6.03 Å². The van der Waals surface area contributed by atoms with E-state index in [0.29, 0.717) is 12.2 Å². The van der Waals surface area contributed by atoms with Crippen molar-refractivity contribution in [2.45, 2.75) is 20.4 Å². The average molecular weight is 204 g/mol. The molecule has 0 aliphatic heterocycles. The number of allylic oxidation sites excluding steroid dienone is 1. The van der Waals surface area contributed by atoms with Gasteiger partial charge in [-0.25, -0.2) is 4.79 Å². The Hall–Kier alpha value is -1.77. The van der Waals surface area contributed by atoms with Crippen molar-refractivity contribution < 1.29 is 4.79 Å². The highest BCUT2D eigenvalue weighted by atomic mass is 16.2. The Morgan fingerprint density at radius 3 is 2.80 bits per heavy atom. The third kappa shape index (κ3) is 4.31. The number of hydrogen-bond donors (Lipinski definition) is 2. The first-order valence-corrected chi connectivity index (χ1v) is 4.84. The van der Waals surface area contributed by atoms with Crippen LogP contribution in [0, 0.1) is 6.92 Å². The highest BCUT2D eigenvalue weighted by Gasteiger charge is 1.99. The van der Waals surface area contributed by atoms with Gasteiger partial charge in [0.2, 0.25) is 0 Å². The molecule has 0 bridgehead atoms. The number of amides is 2. The smallest absolute Gasteiger partial charge is 0.319 e. The van der Waals surface area contributed by atoms with Gasteiger partial charge in [-0.15, -0.1) is 0 Å². The summed E-state index contributed by atoms with van der Waals surface area (Å²) in [6.07, 6.45) is 0. The second-order valence-corrected chi connectivity index (χ2v) is 3.58. The van der Waals surface area contributed by atoms with Crippen LogP contribution in [0.4, 0.5) is 4.79 Å². The number of hydrogen-bond acceptors (Lipinski definition) is 1. The monoisotopic (exact) mass is 204 g/mol. The van der Waals surface area contributed by atoms with Crippen molar-refractivity contribution in [2.75, 3.05) is 0 Å². The van der Waals surface area contributed by atoms with Crippen LogP contribution in [-0.2, 0) is 6.54 Å². The number of nitrogens with one attached hydrogen (secondary N) is 2. The predicted molar refractivity (Wildman–Crippen MR) is 61.4 cm³/mol. The lowest BCUT2D eigenvalue weighted by molar-refractivity contribution is 0.243. The van der Waals surface area contributed by atoms with Crippen LogP contribution in [0.5, 0.6) is 0 Å². The van der Waals surface area contributed by atoms with E-state index >= 15 is 0 Å². The predicted octanol–water partition coefficient (Wildman–Crippen LogP) is 2.33. The van der Waals surface area contributed by atoms with E-state index < -0.39 is 0 Å². The quantitative estimate of drug-likeness (QED) is 0.779. The van der Waals surface area contributed by atoms with Gasteiger partial charge >= 0.3 is 6.03 Å². The van der Waals surface area contributed by atoms with Gasteiger partial charge < -0.3 is 10.6 Å². The maximum absolute atomic E-state index is 11.2. The summed E-state index contributed by atoms with van der Waals surface area (Å²) in [6, 6.07) is 7.80. The lowest BCUT2D eigenvalue weighted by Gasteiger charge is -2.07. The van der Waals surface area contributed by atoms with Crippen LogP contribution < -0.4 is 10.6 Å². The van der Waals surface area contributed by atoms with Crippen LogP contribution in [0.1, 0.15) is 18.1 Å². The first-order chi connectivity index (χ1) is 7.08. The summed E-state index contributed by atoms with van der Waals surface area (Å²) in [5.74, 6) is 0. The van der Waals surface area contributed by atoms with Gasteiger partial charge in [0.05, 0.1) is 0 Å². The first-order valence-electron chi connectivity index (χ1n) is 4.84. The van der Waals surface area contributed by atoms with Crippen molar-refractivity contribution in [3.8, 4) is 0 Å². The summed E-state index contributed by atoms with van der Waals surface area (Å²) in [6.45, 7) is 7.89. The summed E-state index contributed by atoms with van der Waals surface area (Å²) in [4.78, 5) is 11.2. The second-order valence-electron chi connectivity index (χ2n) is 3.58. The largest absolute Gasteiger partial charge is 0.334 e. The molecule has 1 aromatic carbocycles. The molecule has 0 spiro atoms. The van der Waals surface area contributed by atoms with Crippen LogP contribution in [-0.4, -0.2) is 6.03 Å². The van der Waals surface area contributed by atoms with E-state index in [4.69, 9.17) is 0 Å². The molecule has 2 amide bonds. The maximum Gasteiger partial charge on any atom is 0.319 e. The van der Waals surface area contributed by atoms with E-state index in [1.54, 1.807) is 6.92 Å². The molecule has 3 heteroatoms. The molecule has 1 rings (SSSR count). The van der Waals surface area contributed by atoms with E-state index in [1.807, 2.05) is 31.2 Å². The van der Waals surface area contributed by atoms with Gasteiger partial charge in [0.1, 0.15) is 0 Å². The number of urea groups is 1. The first kappa shape index (κ1) is 11.3. The fourth-order valence-electron chi connectivity index (χ4n) is 1.24. The van der Waals surface area contributed by atoms with Crippen molar-refractivity contribution in [3.05, 3.63) is 47.7 Å². The highest BCUT2D eigenvalue weighted by Crippen LogP contribution is 2.02. The number of aryl methyl sites for hydroxylation is 1. The van der Waals surface area contributed by atoms with Gasteiger partial charge in [-0.05, 0) is 19.4 Å². The Balaban J connectivity index is 2.43. The number of benzene rings is 1. The van der Waals surface area contributed by atoms with Gasteiger partial charge in [0, 0.05) is 12.2 Å². The van der Waals surface area contributed by atoms with Gasteiger partial charge in [-0.1, -0.05) is 36.4 Å². The summed E-state index contributed by atoms with van der Waals surface area (Å²) < 4.78 is 0. The van der Waals surface area contributed by atoms with Gasteiger partial charge in [0.25, 0.3) is 0 Å². The summed E-state index contributed by atoms with van der Waals surface area (Å²) in [7, 11) is 0. The van der Waals surface area contributed by atoms with E-state index in [2.05, 4.69) is 17.2 Å². The standard InChI is InChI=1S/C12H16N2O/c1-9(2)14-12(15)13-8-11-6-4-5-10(3)7-11/h4-7H,1,8H2,2-3H3,(H2,13,14,15). The van der Waals surface area contributed by atoms with Crippen LogP contribution in [0.3, 0.4) is 0 Å². The zero-order valence-electron chi connectivity index (χ0n) is 9.13. The molecule has 0 heterocycles. The minimum Gasteiger partial charge on any atom is -0.334 e. The van der Waals surface area contributed by atoms with Gasteiger partial charge in [-0.3, -0.25) is 0 Å². The van der Waals surface area contributed by atoms with Crippen molar-refractivity contribution in [1.29, 1.82) is 0 Å². The highest BCUT2D eigenvalue weighted by molar-refractivity contribution is 5.75. The molecule has 1 aromatic rings. The molecule has 0 aliphatic rings. The molecule has 0 saturated carbocycles. The van der Waals surface area contributed by atoms with E-state index in [-0.39, 0.29) is 6.03 Å². The zero-order chi connectivity index (χ0) is 11.3. The molecule has 2 N–H and O–H groups in total. The van der Waals surface area contributed by atoms with Gasteiger partial charge in [0.15, 0.2) is 0 Å². The fourth-order valence-corrected chi connectivity index (χ4v) is 1.24. The molecule has 80 valence electrons. The Morgan fingerprint density at radius 2 is 2.20 bits per heavy atom. The van der Waals surface area contributed by atoms with Crippen molar-refractivity contribution in [1.82, 2.24) is 10.6 Å². The molecule has 0 aliphatic carbocycles. The van der Waals surface area contributed by atoms with Crippen LogP contribution >= 0.6 is 0 Å². The Kier molecular flexibility index (Phi) is 3.92. The Morgan fingerprint density at radius 1 is 1.47 bits per heavy atom. The van der Waals surface area contributed by atoms with Gasteiger partial charge in [-0.2, -0.15) is 0 Å². The van der Waals surface area contributed by atoms with E-state index in [9.17, 15) is 4.79 Å². The van der Waals surface area contributed by atoms with Crippen LogP contribution in [0.2, 0.25) is 0 Å². The van der Waals surface area contributed by atoms with E-state index in [1.165, 1.54) is 5.56 Å². The normalized spacial score (nSPS) is 9.47. The molecule has 15 heavy (non-hydrogen) atoms. The second kappa shape index (κ2) is 5.20. The molecular formula is C12H16N2O. The third-order valence-electron chi connectivity index (χ3n) is 1.86. The molecule has 0 fully saturated rings. The molecule has 0 unspecified atom stereocenters. The lowest BCUT2D eigenvalue weighted by atomic mass is 10.1. The molecular weight excluding hydrogens is 188 g/mol. The Bertz CT molecular complexity index is 372. The molecule has 0 saturated heterocycles. The minimum atomic E-state index is -0.219. The molecule has 0 aromatic heterocycles. The van der Waals surface area contributed by atoms with Crippen molar-refractivity contribution in [3.63, 3.8) is 0 Å². The molecule has 0 radical (unpaired) electrons. The maximum atomic E-state index is 11.2. The fraction of sp³-hybridized carbons (Fsp3) is 0.250. The number of carbonyl (C=O) groups is 1. The Labute approximate surface area is 90.2 Å². The number of rotatable bonds is 3. The SMILES string of the molecule is C=C(C)NC(=O)NCc1cccc(C)c1. The number of carbonyl (C=O) groups excluding carboxylic acids is 1. The van der Waals surface area contributed by atoms with E-state index in [0.717, 1.165) is 5.56 Å². The zero-order valence-corrected chi connectivity index (χ0v) is 9.13. The summed E-state index contributed by atoms with van der Waals surface area (Å²) in [5, 5.41) is 5.33. The lowest BCUT2D eigenvalue weighted by Crippen LogP contribution is -2.33. The molecule has 3 nitrogen and oxygen atoms in total. The van der Waals surface area contributed by atoms with Crippen molar-refractivity contribution in [2.24, 2.45) is 0 Å². The summed E-state index contributed by atoms with van der Waals surface area (Å²) in [5.41, 5.74) is 2.92.